The van der Waals surface area contributed by atoms with Gasteiger partial charge < -0.3 is 14.5 Å². The van der Waals surface area contributed by atoms with Gasteiger partial charge in [-0.15, -0.1) is 0 Å². The Morgan fingerprint density at radius 1 is 1.24 bits per heavy atom. The molecule has 3 fully saturated rings. The predicted molar refractivity (Wildman–Crippen MR) is 89.5 cm³/mol. The average Bonchev–Trinajstić information content (AvgIpc) is 3.11. The molecule has 1 aromatic carbocycles. The Kier molecular flexibility index (Phi) is 4.13. The highest BCUT2D eigenvalue weighted by Gasteiger charge is 2.45. The standard InChI is InChI=1S/C19H23FN2O3/c20-15-5-1-2-6-16(15)25-14-10-21(11-14)18(24)12-22-13-19(9-17(22)23)7-3-4-8-19/h1-2,5-6,14H,3-4,7-13H2. The van der Waals surface area contributed by atoms with E-state index in [1.165, 1.54) is 18.9 Å². The van der Waals surface area contributed by atoms with Gasteiger partial charge in [0, 0.05) is 13.0 Å². The highest BCUT2D eigenvalue weighted by atomic mass is 19.1. The van der Waals surface area contributed by atoms with E-state index < -0.39 is 5.82 Å². The summed E-state index contributed by atoms with van der Waals surface area (Å²) in [7, 11) is 0. The quantitative estimate of drug-likeness (QED) is 0.840. The van der Waals surface area contributed by atoms with Crippen LogP contribution in [0, 0.1) is 11.2 Å². The predicted octanol–water partition coefficient (Wildman–Crippen LogP) is 2.21. The zero-order chi connectivity index (χ0) is 17.4. The van der Waals surface area contributed by atoms with Crippen molar-refractivity contribution in [1.29, 1.82) is 0 Å². The summed E-state index contributed by atoms with van der Waals surface area (Å²) in [5.41, 5.74) is 0.128. The van der Waals surface area contributed by atoms with Gasteiger partial charge in [-0.1, -0.05) is 25.0 Å². The molecule has 2 saturated heterocycles. The first-order valence-corrected chi connectivity index (χ1v) is 9.01. The molecule has 3 aliphatic rings. The zero-order valence-electron chi connectivity index (χ0n) is 14.2. The minimum Gasteiger partial charge on any atom is -0.484 e. The van der Waals surface area contributed by atoms with Gasteiger partial charge in [0.05, 0.1) is 19.6 Å². The van der Waals surface area contributed by atoms with E-state index in [0.29, 0.717) is 19.5 Å². The summed E-state index contributed by atoms with van der Waals surface area (Å²) in [5, 5.41) is 0. The second-order valence-corrected chi connectivity index (χ2v) is 7.60. The van der Waals surface area contributed by atoms with Crippen molar-refractivity contribution in [1.82, 2.24) is 9.80 Å². The maximum absolute atomic E-state index is 13.6. The number of ether oxygens (including phenoxy) is 1. The molecular formula is C19H23FN2O3. The van der Waals surface area contributed by atoms with Gasteiger partial charge in [-0.05, 0) is 30.4 Å². The van der Waals surface area contributed by atoms with E-state index in [4.69, 9.17) is 4.74 Å². The number of likely N-dealkylation sites (tertiary alicyclic amines) is 2. The van der Waals surface area contributed by atoms with Crippen LogP contribution >= 0.6 is 0 Å². The fourth-order valence-corrected chi connectivity index (χ4v) is 4.28. The summed E-state index contributed by atoms with van der Waals surface area (Å²) < 4.78 is 19.2. The van der Waals surface area contributed by atoms with Crippen molar-refractivity contribution >= 4 is 11.8 Å². The number of halogens is 1. The van der Waals surface area contributed by atoms with Crippen LogP contribution in [-0.2, 0) is 9.59 Å². The molecule has 1 aliphatic carbocycles. The molecule has 0 aromatic heterocycles. The summed E-state index contributed by atoms with van der Waals surface area (Å²) in [4.78, 5) is 28.0. The average molecular weight is 346 g/mol. The van der Waals surface area contributed by atoms with Crippen LogP contribution in [0.2, 0.25) is 0 Å². The topological polar surface area (TPSA) is 49.9 Å². The Morgan fingerprint density at radius 3 is 2.68 bits per heavy atom. The maximum atomic E-state index is 13.6. The Hall–Kier alpha value is -2.11. The highest BCUT2D eigenvalue weighted by molar-refractivity contribution is 5.87. The second-order valence-electron chi connectivity index (χ2n) is 7.60. The lowest BCUT2D eigenvalue weighted by molar-refractivity contribution is -0.144. The van der Waals surface area contributed by atoms with E-state index in [0.717, 1.165) is 19.4 Å². The van der Waals surface area contributed by atoms with E-state index in [9.17, 15) is 14.0 Å². The Bertz CT molecular complexity index is 681. The molecular weight excluding hydrogens is 323 g/mol. The van der Waals surface area contributed by atoms with Crippen LogP contribution in [0.25, 0.3) is 0 Å². The van der Waals surface area contributed by atoms with Gasteiger partial charge in [-0.25, -0.2) is 4.39 Å². The molecule has 1 aromatic rings. The van der Waals surface area contributed by atoms with Crippen molar-refractivity contribution in [3.05, 3.63) is 30.1 Å². The van der Waals surface area contributed by atoms with Gasteiger partial charge >= 0.3 is 0 Å². The summed E-state index contributed by atoms with van der Waals surface area (Å²) in [6.45, 7) is 1.77. The van der Waals surface area contributed by atoms with E-state index in [2.05, 4.69) is 0 Å². The lowest BCUT2D eigenvalue weighted by Crippen LogP contribution is -2.58. The minimum absolute atomic E-state index is 0.0446. The molecule has 0 N–H and O–H groups in total. The van der Waals surface area contributed by atoms with Crippen molar-refractivity contribution in [2.75, 3.05) is 26.2 Å². The molecule has 2 amide bonds. The van der Waals surface area contributed by atoms with E-state index in [-0.39, 0.29) is 35.6 Å². The smallest absolute Gasteiger partial charge is 0.242 e. The second kappa shape index (κ2) is 6.32. The van der Waals surface area contributed by atoms with Crippen molar-refractivity contribution in [3.8, 4) is 5.75 Å². The van der Waals surface area contributed by atoms with Crippen LogP contribution in [-0.4, -0.2) is 53.9 Å². The number of hydrogen-bond donors (Lipinski definition) is 0. The van der Waals surface area contributed by atoms with Crippen LogP contribution in [0.15, 0.2) is 24.3 Å². The first-order chi connectivity index (χ1) is 12.0. The van der Waals surface area contributed by atoms with Crippen LogP contribution in [0.5, 0.6) is 5.75 Å². The van der Waals surface area contributed by atoms with Crippen molar-refractivity contribution in [3.63, 3.8) is 0 Å². The minimum atomic E-state index is -0.392. The van der Waals surface area contributed by atoms with Crippen molar-refractivity contribution in [2.45, 2.75) is 38.2 Å². The first kappa shape index (κ1) is 16.4. The van der Waals surface area contributed by atoms with Crippen LogP contribution in [0.4, 0.5) is 4.39 Å². The molecule has 5 nitrogen and oxygen atoms in total. The lowest BCUT2D eigenvalue weighted by atomic mass is 9.85. The van der Waals surface area contributed by atoms with Gasteiger partial charge in [-0.2, -0.15) is 0 Å². The fourth-order valence-electron chi connectivity index (χ4n) is 4.28. The van der Waals surface area contributed by atoms with Gasteiger partial charge in [0.25, 0.3) is 0 Å². The fraction of sp³-hybridized carbons (Fsp3) is 0.579. The van der Waals surface area contributed by atoms with Crippen molar-refractivity contribution in [2.24, 2.45) is 5.41 Å². The van der Waals surface area contributed by atoms with E-state index >= 15 is 0 Å². The van der Waals surface area contributed by atoms with E-state index in [1.54, 1.807) is 28.0 Å². The molecule has 2 heterocycles. The molecule has 4 rings (SSSR count). The lowest BCUT2D eigenvalue weighted by Gasteiger charge is -2.39. The molecule has 0 radical (unpaired) electrons. The summed E-state index contributed by atoms with van der Waals surface area (Å²) in [5.74, 6) is -0.110. The molecule has 1 spiro atoms. The van der Waals surface area contributed by atoms with Gasteiger partial charge in [0.15, 0.2) is 11.6 Å². The molecule has 0 unspecified atom stereocenters. The van der Waals surface area contributed by atoms with Gasteiger partial charge in [0.2, 0.25) is 11.8 Å². The Balaban J connectivity index is 1.26. The third-order valence-corrected chi connectivity index (χ3v) is 5.73. The monoisotopic (exact) mass is 346 g/mol. The van der Waals surface area contributed by atoms with Crippen LogP contribution in [0.3, 0.4) is 0 Å². The molecule has 6 heteroatoms. The van der Waals surface area contributed by atoms with Crippen LogP contribution < -0.4 is 4.74 Å². The third-order valence-electron chi connectivity index (χ3n) is 5.73. The van der Waals surface area contributed by atoms with Gasteiger partial charge in [-0.3, -0.25) is 9.59 Å². The molecule has 0 bridgehead atoms. The number of para-hydroxylation sites is 1. The first-order valence-electron chi connectivity index (χ1n) is 9.01. The number of rotatable bonds is 4. The molecule has 1 saturated carbocycles. The van der Waals surface area contributed by atoms with E-state index in [1.807, 2.05) is 0 Å². The number of hydrogen-bond acceptors (Lipinski definition) is 3. The maximum Gasteiger partial charge on any atom is 0.242 e. The summed E-state index contributed by atoms with van der Waals surface area (Å²) >= 11 is 0. The zero-order valence-corrected chi connectivity index (χ0v) is 14.2. The van der Waals surface area contributed by atoms with Crippen LogP contribution in [0.1, 0.15) is 32.1 Å². The Morgan fingerprint density at radius 2 is 1.96 bits per heavy atom. The normalized spacial score (nSPS) is 22.5. The molecule has 2 aliphatic heterocycles. The molecule has 134 valence electrons. The number of carbonyl (C=O) groups excluding carboxylic acids is 2. The number of nitrogens with zero attached hydrogens (tertiary/aromatic N) is 2. The summed E-state index contributed by atoms with van der Waals surface area (Å²) in [6.07, 6.45) is 5.00. The third kappa shape index (κ3) is 3.22. The highest BCUT2D eigenvalue weighted by Crippen LogP contribution is 2.45. The molecule has 25 heavy (non-hydrogen) atoms. The molecule has 0 atom stereocenters. The SMILES string of the molecule is O=C(CN1CC2(CCCC2)CC1=O)N1CC(Oc2ccccc2F)C1. The number of carbonyl (C=O) groups is 2. The largest absolute Gasteiger partial charge is 0.484 e. The Labute approximate surface area is 146 Å². The number of amides is 2. The number of benzene rings is 1. The summed E-state index contributed by atoms with van der Waals surface area (Å²) in [6, 6.07) is 6.28. The van der Waals surface area contributed by atoms with Gasteiger partial charge in [0.1, 0.15) is 6.10 Å². The van der Waals surface area contributed by atoms with Crippen molar-refractivity contribution < 1.29 is 18.7 Å².